The van der Waals surface area contributed by atoms with Gasteiger partial charge >= 0.3 is 0 Å². The number of ketones is 1. The summed E-state index contributed by atoms with van der Waals surface area (Å²) in [5, 5.41) is 7.64. The second-order valence-corrected chi connectivity index (χ2v) is 10.2. The minimum Gasteiger partial charge on any atom is -0.486 e. The van der Waals surface area contributed by atoms with Gasteiger partial charge in [0.2, 0.25) is 0 Å². The molecule has 32 heavy (non-hydrogen) atoms. The Labute approximate surface area is 196 Å². The highest BCUT2D eigenvalue weighted by Gasteiger charge is 2.68. The number of halogens is 2. The molecule has 1 aliphatic heterocycles. The third-order valence-corrected chi connectivity index (χ3v) is 7.27. The molecule has 2 bridgehead atoms. The van der Waals surface area contributed by atoms with E-state index in [9.17, 15) is 9.59 Å². The SMILES string of the molecule is Cc1cc(OCC(=O)CC23CC(NC(=O)C4CNc5cc(Cl)ccc5O4)(C2)C3)ccc1Cl. The zero-order valence-electron chi connectivity index (χ0n) is 17.7. The molecule has 4 aliphatic rings. The summed E-state index contributed by atoms with van der Waals surface area (Å²) >= 11 is 12.0. The number of hydrogen-bond acceptors (Lipinski definition) is 5. The molecule has 3 saturated carbocycles. The van der Waals surface area contributed by atoms with E-state index in [1.54, 1.807) is 30.3 Å². The van der Waals surface area contributed by atoms with Gasteiger partial charge in [-0.1, -0.05) is 23.2 Å². The first-order valence-electron chi connectivity index (χ1n) is 10.7. The standard InChI is InChI=1S/C24H24Cl2N2O4/c1-14-6-17(3-4-18(14)26)31-10-16(29)8-23-11-24(12-23,13-23)28-22(30)21-9-27-19-7-15(25)2-5-20(19)32-21/h2-7,21,27H,8-13H2,1H3,(H,28,30). The fourth-order valence-corrected chi connectivity index (χ4v) is 5.58. The van der Waals surface area contributed by atoms with Gasteiger partial charge in [0.25, 0.3) is 5.91 Å². The smallest absolute Gasteiger partial charge is 0.263 e. The van der Waals surface area contributed by atoms with E-state index in [4.69, 9.17) is 32.7 Å². The molecule has 8 heteroatoms. The molecule has 0 radical (unpaired) electrons. The van der Waals surface area contributed by atoms with Crippen molar-refractivity contribution in [3.8, 4) is 11.5 Å². The van der Waals surface area contributed by atoms with E-state index >= 15 is 0 Å². The van der Waals surface area contributed by atoms with Gasteiger partial charge in [-0.3, -0.25) is 9.59 Å². The lowest BCUT2D eigenvalue weighted by atomic mass is 9.38. The first kappa shape index (κ1) is 21.4. The fourth-order valence-electron chi connectivity index (χ4n) is 5.29. The van der Waals surface area contributed by atoms with Crippen LogP contribution in [-0.4, -0.2) is 36.5 Å². The maximum Gasteiger partial charge on any atom is 0.263 e. The Balaban J connectivity index is 1.08. The van der Waals surface area contributed by atoms with Gasteiger partial charge in [0.05, 0.1) is 12.2 Å². The molecule has 1 atom stereocenters. The van der Waals surface area contributed by atoms with Crippen molar-refractivity contribution >= 4 is 40.6 Å². The normalized spacial score (nSPS) is 27.0. The van der Waals surface area contributed by atoms with Crippen LogP contribution in [0.4, 0.5) is 5.69 Å². The van der Waals surface area contributed by atoms with Gasteiger partial charge in [0, 0.05) is 22.0 Å². The van der Waals surface area contributed by atoms with Crippen LogP contribution in [0, 0.1) is 12.3 Å². The lowest BCUT2D eigenvalue weighted by Crippen LogP contribution is -2.76. The number of rotatable bonds is 7. The molecular formula is C24H24Cl2N2O4. The maximum absolute atomic E-state index is 12.7. The second-order valence-electron chi connectivity index (χ2n) is 9.34. The first-order valence-corrected chi connectivity index (χ1v) is 11.4. The van der Waals surface area contributed by atoms with Gasteiger partial charge in [0.1, 0.15) is 18.1 Å². The molecule has 1 unspecified atom stereocenters. The van der Waals surface area contributed by atoms with Crippen molar-refractivity contribution in [3.63, 3.8) is 0 Å². The summed E-state index contributed by atoms with van der Waals surface area (Å²) in [7, 11) is 0. The molecule has 2 N–H and O–H groups in total. The molecule has 6 nitrogen and oxygen atoms in total. The van der Waals surface area contributed by atoms with Crippen LogP contribution in [0.5, 0.6) is 11.5 Å². The first-order chi connectivity index (χ1) is 15.2. The number of nitrogens with one attached hydrogen (secondary N) is 2. The van der Waals surface area contributed by atoms with Gasteiger partial charge in [-0.25, -0.2) is 0 Å². The number of amides is 1. The molecule has 6 rings (SSSR count). The highest BCUT2D eigenvalue weighted by Crippen LogP contribution is 2.69. The van der Waals surface area contributed by atoms with Crippen LogP contribution >= 0.6 is 23.2 Å². The third kappa shape index (κ3) is 4.02. The summed E-state index contributed by atoms with van der Waals surface area (Å²) in [6.45, 7) is 2.34. The largest absolute Gasteiger partial charge is 0.486 e. The summed E-state index contributed by atoms with van der Waals surface area (Å²) in [6, 6.07) is 10.6. The molecule has 0 spiro atoms. The van der Waals surface area contributed by atoms with Crippen molar-refractivity contribution in [2.75, 3.05) is 18.5 Å². The summed E-state index contributed by atoms with van der Waals surface area (Å²) in [6.07, 6.45) is 2.36. The lowest BCUT2D eigenvalue weighted by Gasteiger charge is -2.70. The number of carbonyl (C=O) groups is 2. The third-order valence-electron chi connectivity index (χ3n) is 6.61. The fraction of sp³-hybridized carbons (Fsp3) is 0.417. The van der Waals surface area contributed by atoms with Crippen LogP contribution in [0.2, 0.25) is 10.0 Å². The Morgan fingerprint density at radius 3 is 2.72 bits per heavy atom. The highest BCUT2D eigenvalue weighted by atomic mass is 35.5. The van der Waals surface area contributed by atoms with Crippen molar-refractivity contribution in [2.45, 2.75) is 44.2 Å². The van der Waals surface area contributed by atoms with Crippen molar-refractivity contribution in [2.24, 2.45) is 5.41 Å². The summed E-state index contributed by atoms with van der Waals surface area (Å²) in [5.74, 6) is 1.22. The van der Waals surface area contributed by atoms with Crippen molar-refractivity contribution in [1.82, 2.24) is 5.32 Å². The zero-order chi connectivity index (χ0) is 22.5. The topological polar surface area (TPSA) is 76.7 Å². The van der Waals surface area contributed by atoms with Crippen molar-refractivity contribution < 1.29 is 19.1 Å². The monoisotopic (exact) mass is 474 g/mol. The van der Waals surface area contributed by atoms with E-state index in [-0.39, 0.29) is 29.3 Å². The number of fused-ring (bicyclic) bond motifs is 1. The molecule has 1 heterocycles. The van der Waals surface area contributed by atoms with E-state index in [0.717, 1.165) is 30.5 Å². The Morgan fingerprint density at radius 1 is 1.19 bits per heavy atom. The summed E-state index contributed by atoms with van der Waals surface area (Å²) in [4.78, 5) is 25.2. The molecule has 2 aromatic carbocycles. The number of benzene rings is 2. The van der Waals surface area contributed by atoms with E-state index in [1.807, 2.05) is 13.0 Å². The van der Waals surface area contributed by atoms with Gasteiger partial charge in [-0.15, -0.1) is 0 Å². The van der Waals surface area contributed by atoms with Crippen LogP contribution in [0.3, 0.4) is 0 Å². The summed E-state index contributed by atoms with van der Waals surface area (Å²) < 4.78 is 11.5. The number of anilines is 1. The van der Waals surface area contributed by atoms with E-state index in [0.29, 0.717) is 34.5 Å². The van der Waals surface area contributed by atoms with E-state index in [1.165, 1.54) is 0 Å². The van der Waals surface area contributed by atoms with Crippen LogP contribution < -0.4 is 20.1 Å². The number of Topliss-reactive ketones (excluding diaryl/α,β-unsaturated/α-hetero) is 1. The van der Waals surface area contributed by atoms with Crippen molar-refractivity contribution in [1.29, 1.82) is 0 Å². The molecule has 3 aliphatic carbocycles. The number of ether oxygens (including phenoxy) is 2. The number of aryl methyl sites for hydroxylation is 1. The molecule has 1 amide bonds. The number of hydrogen-bond donors (Lipinski definition) is 2. The van der Waals surface area contributed by atoms with Crippen LogP contribution in [0.15, 0.2) is 36.4 Å². The van der Waals surface area contributed by atoms with Crippen LogP contribution in [0.25, 0.3) is 0 Å². The summed E-state index contributed by atoms with van der Waals surface area (Å²) in [5.41, 5.74) is 1.51. The van der Waals surface area contributed by atoms with Gasteiger partial charge in [-0.2, -0.15) is 0 Å². The molecule has 0 aromatic heterocycles. The zero-order valence-corrected chi connectivity index (χ0v) is 19.2. The van der Waals surface area contributed by atoms with Gasteiger partial charge in [0.15, 0.2) is 11.9 Å². The Kier molecular flexibility index (Phi) is 5.25. The molecule has 168 valence electrons. The molecule has 2 aromatic rings. The van der Waals surface area contributed by atoms with Crippen LogP contribution in [0.1, 0.15) is 31.2 Å². The minimum atomic E-state index is -0.591. The Hall–Kier alpha value is -2.44. The average Bonchev–Trinajstić information content (AvgIpc) is 2.71. The minimum absolute atomic E-state index is 0.00133. The van der Waals surface area contributed by atoms with Gasteiger partial charge in [-0.05, 0) is 73.6 Å². The highest BCUT2D eigenvalue weighted by molar-refractivity contribution is 6.31. The quantitative estimate of drug-likeness (QED) is 0.615. The predicted octanol–water partition coefficient (Wildman–Crippen LogP) is 4.55. The van der Waals surface area contributed by atoms with Gasteiger partial charge < -0.3 is 20.1 Å². The lowest BCUT2D eigenvalue weighted by molar-refractivity contribution is -0.175. The van der Waals surface area contributed by atoms with Crippen LogP contribution in [-0.2, 0) is 9.59 Å². The van der Waals surface area contributed by atoms with E-state index in [2.05, 4.69) is 10.6 Å². The Bertz CT molecular complexity index is 1080. The van der Waals surface area contributed by atoms with Crippen molar-refractivity contribution in [3.05, 3.63) is 52.0 Å². The molecule has 3 fully saturated rings. The Morgan fingerprint density at radius 2 is 1.97 bits per heavy atom. The maximum atomic E-state index is 12.7. The predicted molar refractivity (Wildman–Crippen MR) is 123 cm³/mol. The second kappa shape index (κ2) is 7.85. The molecule has 0 saturated heterocycles. The molecular weight excluding hydrogens is 451 g/mol. The number of carbonyl (C=O) groups excluding carboxylic acids is 2. The average molecular weight is 475 g/mol. The van der Waals surface area contributed by atoms with E-state index < -0.39 is 6.10 Å².